The van der Waals surface area contributed by atoms with Gasteiger partial charge < -0.3 is 14.2 Å². The summed E-state index contributed by atoms with van der Waals surface area (Å²) >= 11 is 0. The molecule has 0 bridgehead atoms. The number of esters is 1. The molecule has 158 valence electrons. The molecule has 1 aromatic carbocycles. The van der Waals surface area contributed by atoms with E-state index in [4.69, 9.17) is 14.2 Å². The first kappa shape index (κ1) is 24.4. The second-order valence-corrected chi connectivity index (χ2v) is 7.21. The van der Waals surface area contributed by atoms with E-state index in [-0.39, 0.29) is 11.9 Å². The molecule has 0 aromatic heterocycles. The largest absolute Gasteiger partial charge is 0.463 e. The van der Waals surface area contributed by atoms with Gasteiger partial charge in [-0.25, -0.2) is 4.79 Å². The summed E-state index contributed by atoms with van der Waals surface area (Å²) in [5, 5.41) is 0. The molecule has 0 aliphatic heterocycles. The molecule has 0 aliphatic rings. The normalized spacial score (nSPS) is 12.5. The molecule has 0 heterocycles. The summed E-state index contributed by atoms with van der Waals surface area (Å²) in [6.07, 6.45) is 11.3. The Balaban J connectivity index is 2.80. The van der Waals surface area contributed by atoms with Crippen molar-refractivity contribution < 1.29 is 19.0 Å². The van der Waals surface area contributed by atoms with Gasteiger partial charge in [-0.1, -0.05) is 82.4 Å². The van der Waals surface area contributed by atoms with Crippen molar-refractivity contribution in [2.45, 2.75) is 70.5 Å². The number of carbonyl (C=O) groups is 1. The number of hydrogen-bond acceptors (Lipinski definition) is 4. The number of unbranched alkanes of at least 4 members (excludes halogenated alkanes) is 5. The highest BCUT2D eigenvalue weighted by Crippen LogP contribution is 2.40. The number of ether oxygens (including phenoxy) is 3. The Morgan fingerprint density at radius 1 is 1.00 bits per heavy atom. The van der Waals surface area contributed by atoms with Crippen LogP contribution >= 0.6 is 0 Å². The van der Waals surface area contributed by atoms with Gasteiger partial charge in [-0.05, 0) is 19.3 Å². The van der Waals surface area contributed by atoms with Gasteiger partial charge in [0.05, 0.1) is 6.61 Å². The lowest BCUT2D eigenvalue weighted by molar-refractivity contribution is -0.253. The summed E-state index contributed by atoms with van der Waals surface area (Å²) in [6, 6.07) is 10.1. The van der Waals surface area contributed by atoms with E-state index in [1.165, 1.54) is 38.2 Å². The fraction of sp³-hybridized carbons (Fsp3) is 0.625. The smallest absolute Gasteiger partial charge is 0.330 e. The number of carbonyl (C=O) groups excluding carboxylic acids is 1. The van der Waals surface area contributed by atoms with Crippen molar-refractivity contribution in [3.8, 4) is 0 Å². The Hall–Kier alpha value is -1.65. The third-order valence-electron chi connectivity index (χ3n) is 5.33. The molecule has 0 saturated heterocycles. The molecule has 0 spiro atoms. The van der Waals surface area contributed by atoms with Gasteiger partial charge in [0.25, 0.3) is 0 Å². The topological polar surface area (TPSA) is 44.8 Å². The predicted octanol–water partition coefficient (Wildman–Crippen LogP) is 6.01. The molecule has 1 unspecified atom stereocenters. The van der Waals surface area contributed by atoms with E-state index in [1.54, 1.807) is 14.2 Å². The van der Waals surface area contributed by atoms with Crippen LogP contribution in [0.2, 0.25) is 0 Å². The summed E-state index contributed by atoms with van der Waals surface area (Å²) in [5.41, 5.74) is 1.03. The van der Waals surface area contributed by atoms with Crippen molar-refractivity contribution in [2.24, 2.45) is 5.92 Å². The summed E-state index contributed by atoms with van der Waals surface area (Å²) in [5.74, 6) is -0.980. The Morgan fingerprint density at radius 3 is 2.21 bits per heavy atom. The molecule has 0 saturated carbocycles. The minimum Gasteiger partial charge on any atom is -0.463 e. The lowest BCUT2D eigenvalue weighted by Crippen LogP contribution is -2.39. The van der Waals surface area contributed by atoms with Gasteiger partial charge in [0, 0.05) is 31.8 Å². The van der Waals surface area contributed by atoms with Gasteiger partial charge in [0.1, 0.15) is 0 Å². The molecule has 0 fully saturated rings. The van der Waals surface area contributed by atoms with Gasteiger partial charge in [-0.3, -0.25) is 0 Å². The lowest BCUT2D eigenvalue weighted by Gasteiger charge is -2.39. The van der Waals surface area contributed by atoms with Crippen LogP contribution in [0.1, 0.15) is 70.3 Å². The summed E-state index contributed by atoms with van der Waals surface area (Å²) < 4.78 is 17.1. The highest BCUT2D eigenvalue weighted by atomic mass is 16.7. The van der Waals surface area contributed by atoms with Crippen molar-refractivity contribution in [1.29, 1.82) is 0 Å². The Labute approximate surface area is 171 Å². The van der Waals surface area contributed by atoms with E-state index < -0.39 is 5.79 Å². The van der Waals surface area contributed by atoms with E-state index in [0.29, 0.717) is 6.61 Å². The van der Waals surface area contributed by atoms with Crippen LogP contribution in [-0.2, 0) is 24.8 Å². The van der Waals surface area contributed by atoms with Gasteiger partial charge in [0.15, 0.2) is 5.79 Å². The summed E-state index contributed by atoms with van der Waals surface area (Å²) in [7, 11) is 3.42. The maximum Gasteiger partial charge on any atom is 0.330 e. The minimum atomic E-state index is -0.785. The molecule has 0 aliphatic carbocycles. The van der Waals surface area contributed by atoms with Gasteiger partial charge >= 0.3 is 5.97 Å². The third-order valence-corrected chi connectivity index (χ3v) is 5.33. The van der Waals surface area contributed by atoms with Crippen LogP contribution in [0.4, 0.5) is 0 Å². The van der Waals surface area contributed by atoms with E-state index in [1.807, 2.05) is 18.2 Å². The average molecular weight is 391 g/mol. The Bertz CT molecular complexity index is 537. The fourth-order valence-electron chi connectivity index (χ4n) is 3.82. The summed E-state index contributed by atoms with van der Waals surface area (Å²) in [6.45, 7) is 6.06. The van der Waals surface area contributed by atoms with Gasteiger partial charge in [0.2, 0.25) is 0 Å². The summed E-state index contributed by atoms with van der Waals surface area (Å²) in [4.78, 5) is 11.3. The minimum absolute atomic E-state index is 0.179. The zero-order chi connectivity index (χ0) is 20.7. The second-order valence-electron chi connectivity index (χ2n) is 7.21. The third kappa shape index (κ3) is 7.76. The molecule has 0 amide bonds. The number of methoxy groups -OCH3 is 2. The first-order chi connectivity index (χ1) is 13.6. The van der Waals surface area contributed by atoms with Crippen molar-refractivity contribution in [1.82, 2.24) is 0 Å². The van der Waals surface area contributed by atoms with Crippen LogP contribution in [0.3, 0.4) is 0 Å². The van der Waals surface area contributed by atoms with Gasteiger partial charge in [-0.15, -0.1) is 0 Å². The van der Waals surface area contributed by atoms with Crippen molar-refractivity contribution in [3.05, 3.63) is 48.6 Å². The van der Waals surface area contributed by atoms with Crippen LogP contribution in [-0.4, -0.2) is 26.8 Å². The molecular weight excluding hydrogens is 352 g/mol. The highest BCUT2D eigenvalue weighted by molar-refractivity contribution is 5.81. The van der Waals surface area contributed by atoms with E-state index in [9.17, 15) is 4.79 Å². The quantitative estimate of drug-likeness (QED) is 0.150. The van der Waals surface area contributed by atoms with Crippen LogP contribution in [0.5, 0.6) is 0 Å². The Kier molecular flexibility index (Phi) is 12.5. The van der Waals surface area contributed by atoms with E-state index >= 15 is 0 Å². The SMILES string of the molecule is C=CC(=O)OCCCC(CCCCCCCC)C(OC)(OC)c1ccccc1. The van der Waals surface area contributed by atoms with E-state index in [2.05, 4.69) is 25.6 Å². The molecule has 4 heteroatoms. The van der Waals surface area contributed by atoms with Crippen LogP contribution < -0.4 is 0 Å². The van der Waals surface area contributed by atoms with Gasteiger partial charge in [-0.2, -0.15) is 0 Å². The predicted molar refractivity (Wildman–Crippen MR) is 114 cm³/mol. The first-order valence-electron chi connectivity index (χ1n) is 10.6. The second kappa shape index (κ2) is 14.4. The molecule has 4 nitrogen and oxygen atoms in total. The van der Waals surface area contributed by atoms with Crippen LogP contribution in [0.25, 0.3) is 0 Å². The zero-order valence-electron chi connectivity index (χ0n) is 18.0. The average Bonchev–Trinajstić information content (AvgIpc) is 2.74. The highest BCUT2D eigenvalue weighted by Gasteiger charge is 2.40. The first-order valence-corrected chi connectivity index (χ1v) is 10.6. The molecule has 1 atom stereocenters. The number of benzene rings is 1. The van der Waals surface area contributed by atoms with Crippen LogP contribution in [0, 0.1) is 5.92 Å². The zero-order valence-corrected chi connectivity index (χ0v) is 18.0. The molecular formula is C24H38O4. The maximum absolute atomic E-state index is 11.3. The molecule has 1 rings (SSSR count). The number of rotatable bonds is 16. The number of hydrogen-bond donors (Lipinski definition) is 0. The Morgan fingerprint density at radius 2 is 1.61 bits per heavy atom. The fourth-order valence-corrected chi connectivity index (χ4v) is 3.82. The molecule has 1 aromatic rings. The lowest BCUT2D eigenvalue weighted by atomic mass is 9.83. The molecule has 0 radical (unpaired) electrons. The molecule has 0 N–H and O–H groups in total. The van der Waals surface area contributed by atoms with Crippen molar-refractivity contribution in [3.63, 3.8) is 0 Å². The van der Waals surface area contributed by atoms with Crippen molar-refractivity contribution in [2.75, 3.05) is 20.8 Å². The molecule has 28 heavy (non-hydrogen) atoms. The van der Waals surface area contributed by atoms with Crippen LogP contribution in [0.15, 0.2) is 43.0 Å². The monoisotopic (exact) mass is 390 g/mol. The standard InChI is InChI=1S/C24H38O4/c1-5-7-8-9-10-12-16-22(19-15-20-28-23(25)6-2)24(26-3,27-4)21-17-13-11-14-18-21/h6,11,13-14,17-18,22H,2,5,7-10,12,15-16,19-20H2,1,3-4H3. The van der Waals surface area contributed by atoms with E-state index in [0.717, 1.165) is 31.2 Å². The maximum atomic E-state index is 11.3. The van der Waals surface area contributed by atoms with Crippen molar-refractivity contribution >= 4 is 5.97 Å².